The third-order valence-electron chi connectivity index (χ3n) is 5.56. The molecular weight excluding hydrogens is 246 g/mol. The van der Waals surface area contributed by atoms with E-state index < -0.39 is 0 Å². The maximum atomic E-state index is 6.68. The quantitative estimate of drug-likeness (QED) is 0.881. The molecule has 1 fully saturated rings. The van der Waals surface area contributed by atoms with Gasteiger partial charge < -0.3 is 5.73 Å². The third-order valence-corrected chi connectivity index (χ3v) is 5.56. The highest BCUT2D eigenvalue weighted by Gasteiger charge is 2.38. The summed E-state index contributed by atoms with van der Waals surface area (Å²) in [6.07, 6.45) is 11.2. The number of nitrogens with two attached hydrogens (primary N) is 1. The van der Waals surface area contributed by atoms with Gasteiger partial charge in [0.05, 0.1) is 6.20 Å². The zero-order valence-corrected chi connectivity index (χ0v) is 13.7. The van der Waals surface area contributed by atoms with Gasteiger partial charge in [0.1, 0.15) is 0 Å². The summed E-state index contributed by atoms with van der Waals surface area (Å²) in [4.78, 5) is 0. The summed E-state index contributed by atoms with van der Waals surface area (Å²) in [6.45, 7) is 10.3. The largest absolute Gasteiger partial charge is 0.321 e. The van der Waals surface area contributed by atoms with Crippen molar-refractivity contribution in [1.82, 2.24) is 9.78 Å². The van der Waals surface area contributed by atoms with E-state index in [1.807, 2.05) is 10.9 Å². The van der Waals surface area contributed by atoms with Crippen LogP contribution in [0.3, 0.4) is 0 Å². The summed E-state index contributed by atoms with van der Waals surface area (Å²) in [5, 5.41) is 4.45. The zero-order chi connectivity index (χ0) is 14.8. The van der Waals surface area contributed by atoms with Gasteiger partial charge in [-0.3, -0.25) is 4.68 Å². The lowest BCUT2D eigenvalue weighted by molar-refractivity contribution is 0.115. The van der Waals surface area contributed by atoms with Gasteiger partial charge >= 0.3 is 0 Å². The Morgan fingerprint density at radius 2 is 2.00 bits per heavy atom. The number of rotatable bonds is 5. The van der Waals surface area contributed by atoms with Crippen LogP contribution in [0, 0.1) is 11.3 Å². The van der Waals surface area contributed by atoms with E-state index >= 15 is 0 Å². The molecule has 1 aliphatic carbocycles. The fourth-order valence-corrected chi connectivity index (χ4v) is 3.46. The average Bonchev–Trinajstić information content (AvgIpc) is 2.89. The molecule has 114 valence electrons. The average molecular weight is 277 g/mol. The lowest BCUT2D eigenvalue weighted by Gasteiger charge is -2.43. The first-order valence-corrected chi connectivity index (χ1v) is 8.23. The van der Waals surface area contributed by atoms with E-state index in [4.69, 9.17) is 5.73 Å². The molecule has 3 nitrogen and oxygen atoms in total. The lowest BCUT2D eigenvalue weighted by atomic mass is 9.65. The molecule has 0 aliphatic heterocycles. The second-order valence-corrected chi connectivity index (χ2v) is 7.26. The molecule has 0 spiro atoms. The van der Waals surface area contributed by atoms with Gasteiger partial charge in [0, 0.05) is 23.8 Å². The van der Waals surface area contributed by atoms with E-state index in [0.29, 0.717) is 5.41 Å². The predicted molar refractivity (Wildman–Crippen MR) is 84.4 cm³/mol. The Kier molecular flexibility index (Phi) is 4.58. The van der Waals surface area contributed by atoms with Gasteiger partial charge in [0.2, 0.25) is 0 Å². The predicted octanol–water partition coefficient (Wildman–Crippen LogP) is 4.07. The van der Waals surface area contributed by atoms with Gasteiger partial charge in [-0.25, -0.2) is 0 Å². The van der Waals surface area contributed by atoms with E-state index in [0.717, 1.165) is 31.7 Å². The van der Waals surface area contributed by atoms with Gasteiger partial charge in [-0.05, 0) is 43.4 Å². The monoisotopic (exact) mass is 277 g/mol. The number of aromatic nitrogens is 2. The van der Waals surface area contributed by atoms with Crippen LogP contribution in [0.4, 0.5) is 0 Å². The van der Waals surface area contributed by atoms with Crippen molar-refractivity contribution in [2.45, 2.75) is 78.3 Å². The summed E-state index contributed by atoms with van der Waals surface area (Å²) in [6, 6.07) is 0. The molecule has 0 radical (unpaired) electrons. The Labute approximate surface area is 123 Å². The molecule has 1 saturated carbocycles. The summed E-state index contributed by atoms with van der Waals surface area (Å²) < 4.78 is 2.03. The van der Waals surface area contributed by atoms with Crippen LogP contribution < -0.4 is 5.73 Å². The Balaban J connectivity index is 2.03. The molecule has 2 rings (SSSR count). The summed E-state index contributed by atoms with van der Waals surface area (Å²) in [5.74, 6) is 0.815. The molecule has 0 amide bonds. The van der Waals surface area contributed by atoms with Crippen LogP contribution in [0.2, 0.25) is 0 Å². The lowest BCUT2D eigenvalue weighted by Crippen LogP contribution is -2.42. The van der Waals surface area contributed by atoms with Crippen molar-refractivity contribution in [3.05, 3.63) is 18.0 Å². The van der Waals surface area contributed by atoms with Gasteiger partial charge in [-0.15, -0.1) is 0 Å². The van der Waals surface area contributed by atoms with Crippen molar-refractivity contribution in [3.63, 3.8) is 0 Å². The van der Waals surface area contributed by atoms with Crippen LogP contribution in [0.15, 0.2) is 12.4 Å². The third kappa shape index (κ3) is 3.08. The molecule has 3 heteroatoms. The minimum absolute atomic E-state index is 0.147. The Bertz CT molecular complexity index is 425. The van der Waals surface area contributed by atoms with Crippen LogP contribution in [-0.2, 0) is 12.1 Å². The second-order valence-electron chi connectivity index (χ2n) is 7.26. The summed E-state index contributed by atoms with van der Waals surface area (Å²) in [5.41, 5.74) is 8.22. The van der Waals surface area contributed by atoms with E-state index in [9.17, 15) is 0 Å². The molecular formula is C17H31N3. The molecule has 1 heterocycles. The maximum absolute atomic E-state index is 6.68. The van der Waals surface area contributed by atoms with Crippen molar-refractivity contribution in [2.24, 2.45) is 17.1 Å². The van der Waals surface area contributed by atoms with Crippen LogP contribution in [0.25, 0.3) is 0 Å². The SMILES string of the molecule is CCCn1cc(C2(N)CCC(C(C)(C)CC)CC2)cn1. The highest BCUT2D eigenvalue weighted by molar-refractivity contribution is 5.18. The first-order valence-electron chi connectivity index (χ1n) is 8.23. The minimum atomic E-state index is -0.147. The summed E-state index contributed by atoms with van der Waals surface area (Å²) >= 11 is 0. The van der Waals surface area contributed by atoms with E-state index in [-0.39, 0.29) is 5.54 Å². The fourth-order valence-electron chi connectivity index (χ4n) is 3.46. The molecule has 0 atom stereocenters. The van der Waals surface area contributed by atoms with Crippen molar-refractivity contribution in [3.8, 4) is 0 Å². The number of aryl methyl sites for hydroxylation is 1. The Morgan fingerprint density at radius 1 is 1.35 bits per heavy atom. The van der Waals surface area contributed by atoms with Crippen LogP contribution in [0.5, 0.6) is 0 Å². The zero-order valence-electron chi connectivity index (χ0n) is 13.7. The smallest absolute Gasteiger partial charge is 0.0540 e. The molecule has 0 unspecified atom stereocenters. The van der Waals surface area contributed by atoms with E-state index in [1.165, 1.54) is 24.8 Å². The van der Waals surface area contributed by atoms with Crippen LogP contribution >= 0.6 is 0 Å². The van der Waals surface area contributed by atoms with E-state index in [2.05, 4.69) is 39.0 Å². The molecule has 1 aromatic rings. The molecule has 1 aliphatic rings. The number of nitrogens with zero attached hydrogens (tertiary/aromatic N) is 2. The number of hydrogen-bond donors (Lipinski definition) is 1. The minimum Gasteiger partial charge on any atom is -0.321 e. The highest BCUT2D eigenvalue weighted by atomic mass is 15.3. The normalized spacial score (nSPS) is 27.8. The topological polar surface area (TPSA) is 43.8 Å². The molecule has 20 heavy (non-hydrogen) atoms. The van der Waals surface area contributed by atoms with Gasteiger partial charge in [-0.2, -0.15) is 5.10 Å². The first kappa shape index (κ1) is 15.6. The molecule has 0 bridgehead atoms. The van der Waals surface area contributed by atoms with Gasteiger partial charge in [-0.1, -0.05) is 34.1 Å². The highest BCUT2D eigenvalue weighted by Crippen LogP contribution is 2.45. The van der Waals surface area contributed by atoms with Crippen molar-refractivity contribution >= 4 is 0 Å². The van der Waals surface area contributed by atoms with Gasteiger partial charge in [0.15, 0.2) is 0 Å². The summed E-state index contributed by atoms with van der Waals surface area (Å²) in [7, 11) is 0. The molecule has 1 aromatic heterocycles. The van der Waals surface area contributed by atoms with Gasteiger partial charge in [0.25, 0.3) is 0 Å². The fraction of sp³-hybridized carbons (Fsp3) is 0.824. The van der Waals surface area contributed by atoms with Crippen molar-refractivity contribution < 1.29 is 0 Å². The van der Waals surface area contributed by atoms with Crippen molar-refractivity contribution in [2.75, 3.05) is 0 Å². The second kappa shape index (κ2) is 5.88. The molecule has 0 saturated heterocycles. The standard InChI is InChI=1S/C17H31N3/c1-5-11-20-13-15(12-19-20)17(18)9-7-14(8-10-17)16(3,4)6-2/h12-14H,5-11,18H2,1-4H3. The van der Waals surface area contributed by atoms with Crippen LogP contribution in [0.1, 0.15) is 71.8 Å². The van der Waals surface area contributed by atoms with Crippen LogP contribution in [-0.4, -0.2) is 9.78 Å². The Morgan fingerprint density at radius 3 is 2.55 bits per heavy atom. The maximum Gasteiger partial charge on any atom is 0.0540 e. The molecule has 2 N–H and O–H groups in total. The number of hydrogen-bond acceptors (Lipinski definition) is 2. The van der Waals surface area contributed by atoms with E-state index in [1.54, 1.807) is 0 Å². The van der Waals surface area contributed by atoms with Crippen molar-refractivity contribution in [1.29, 1.82) is 0 Å². The molecule has 0 aromatic carbocycles. The first-order chi connectivity index (χ1) is 9.41. The Hall–Kier alpha value is -0.830.